The first kappa shape index (κ1) is 8.75. The molecule has 2 atom stereocenters. The molecule has 0 aliphatic carbocycles. The average Bonchev–Trinajstić information content (AvgIpc) is 2.38. The third-order valence-corrected chi connectivity index (χ3v) is 2.34. The summed E-state index contributed by atoms with van der Waals surface area (Å²) in [4.78, 5) is 0. The zero-order valence-electron chi connectivity index (χ0n) is 7.05. The van der Waals surface area contributed by atoms with Gasteiger partial charge in [0.15, 0.2) is 0 Å². The van der Waals surface area contributed by atoms with Crippen LogP contribution in [0.15, 0.2) is 12.7 Å². The summed E-state index contributed by atoms with van der Waals surface area (Å²) >= 11 is 0. The molecule has 1 fully saturated rings. The maximum Gasteiger partial charge on any atom is 0.0916 e. The maximum absolute atomic E-state index is 9.61. The van der Waals surface area contributed by atoms with E-state index in [1.807, 2.05) is 6.92 Å². The largest absolute Gasteiger partial charge is 0.390 e. The Labute approximate surface area is 67.9 Å². The molecule has 11 heavy (non-hydrogen) atoms. The number of aliphatic hydroxyl groups excluding tert-OH is 1. The molecule has 1 rings (SSSR count). The van der Waals surface area contributed by atoms with Crippen LogP contribution >= 0.6 is 0 Å². The van der Waals surface area contributed by atoms with Crippen molar-refractivity contribution < 1.29 is 9.84 Å². The monoisotopic (exact) mass is 156 g/mol. The van der Waals surface area contributed by atoms with Gasteiger partial charge in [0.1, 0.15) is 0 Å². The van der Waals surface area contributed by atoms with Gasteiger partial charge in [-0.15, -0.1) is 6.58 Å². The molecule has 1 aliphatic heterocycles. The van der Waals surface area contributed by atoms with E-state index in [0.29, 0.717) is 6.42 Å². The van der Waals surface area contributed by atoms with Crippen LogP contribution in [0.1, 0.15) is 26.2 Å². The summed E-state index contributed by atoms with van der Waals surface area (Å²) in [6, 6.07) is 0. The van der Waals surface area contributed by atoms with Crippen molar-refractivity contribution in [3.05, 3.63) is 12.7 Å². The molecule has 0 radical (unpaired) electrons. The van der Waals surface area contributed by atoms with E-state index in [4.69, 9.17) is 4.74 Å². The van der Waals surface area contributed by atoms with Gasteiger partial charge < -0.3 is 9.84 Å². The lowest BCUT2D eigenvalue weighted by Gasteiger charge is -2.28. The van der Waals surface area contributed by atoms with Crippen LogP contribution < -0.4 is 0 Å². The van der Waals surface area contributed by atoms with Gasteiger partial charge in [-0.2, -0.15) is 0 Å². The maximum atomic E-state index is 9.61. The molecule has 0 amide bonds. The molecule has 0 aromatic carbocycles. The number of hydrogen-bond acceptors (Lipinski definition) is 2. The molecule has 0 spiro atoms. The first-order valence-electron chi connectivity index (χ1n) is 4.12. The molecule has 0 saturated carbocycles. The van der Waals surface area contributed by atoms with Crippen LogP contribution in [0.25, 0.3) is 0 Å². The summed E-state index contributed by atoms with van der Waals surface area (Å²) in [5.74, 6) is 0. The quantitative estimate of drug-likeness (QED) is 0.627. The molecular weight excluding hydrogens is 140 g/mol. The van der Waals surface area contributed by atoms with E-state index in [0.717, 1.165) is 19.4 Å². The van der Waals surface area contributed by atoms with Crippen molar-refractivity contribution in [3.8, 4) is 0 Å². The minimum Gasteiger partial charge on any atom is -0.390 e. The normalized spacial score (nSPS) is 33.6. The van der Waals surface area contributed by atoms with Gasteiger partial charge in [0.05, 0.1) is 11.7 Å². The van der Waals surface area contributed by atoms with Gasteiger partial charge in [0.25, 0.3) is 0 Å². The highest BCUT2D eigenvalue weighted by atomic mass is 16.5. The van der Waals surface area contributed by atoms with E-state index in [1.165, 1.54) is 0 Å². The van der Waals surface area contributed by atoms with E-state index in [-0.39, 0.29) is 11.7 Å². The fourth-order valence-corrected chi connectivity index (χ4v) is 1.47. The molecule has 64 valence electrons. The van der Waals surface area contributed by atoms with Gasteiger partial charge in [0.2, 0.25) is 0 Å². The van der Waals surface area contributed by atoms with E-state index >= 15 is 0 Å². The molecule has 2 heteroatoms. The summed E-state index contributed by atoms with van der Waals surface area (Å²) < 4.78 is 5.46. The van der Waals surface area contributed by atoms with Gasteiger partial charge >= 0.3 is 0 Å². The molecule has 1 aliphatic rings. The Hall–Kier alpha value is -0.340. The van der Waals surface area contributed by atoms with Crippen molar-refractivity contribution in [3.63, 3.8) is 0 Å². The smallest absolute Gasteiger partial charge is 0.0916 e. The third kappa shape index (κ3) is 1.82. The van der Waals surface area contributed by atoms with Crippen molar-refractivity contribution in [2.24, 2.45) is 0 Å². The molecule has 1 heterocycles. The Morgan fingerprint density at radius 3 is 3.00 bits per heavy atom. The third-order valence-electron chi connectivity index (χ3n) is 2.34. The fourth-order valence-electron chi connectivity index (χ4n) is 1.47. The van der Waals surface area contributed by atoms with Crippen LogP contribution in [0.3, 0.4) is 0 Å². The molecule has 0 bridgehead atoms. The molecule has 1 saturated heterocycles. The van der Waals surface area contributed by atoms with E-state index in [1.54, 1.807) is 6.08 Å². The van der Waals surface area contributed by atoms with Crippen molar-refractivity contribution in [2.45, 2.75) is 37.9 Å². The van der Waals surface area contributed by atoms with Crippen molar-refractivity contribution in [1.29, 1.82) is 0 Å². The van der Waals surface area contributed by atoms with Crippen LogP contribution in [-0.4, -0.2) is 23.4 Å². The number of hydrogen-bond donors (Lipinski definition) is 1. The lowest BCUT2D eigenvalue weighted by molar-refractivity contribution is -0.0757. The number of ether oxygens (including phenoxy) is 1. The van der Waals surface area contributed by atoms with E-state index < -0.39 is 0 Å². The van der Waals surface area contributed by atoms with Gasteiger partial charge in [0, 0.05) is 6.61 Å². The minimum absolute atomic E-state index is 0.311. The second-order valence-electron chi connectivity index (χ2n) is 3.30. The first-order chi connectivity index (χ1) is 5.19. The summed E-state index contributed by atoms with van der Waals surface area (Å²) in [6.45, 7) is 6.34. The summed E-state index contributed by atoms with van der Waals surface area (Å²) in [5, 5.41) is 9.61. The molecule has 0 aromatic heterocycles. The predicted molar refractivity (Wildman–Crippen MR) is 44.4 cm³/mol. The Morgan fingerprint density at radius 1 is 1.82 bits per heavy atom. The first-order valence-corrected chi connectivity index (χ1v) is 4.12. The topological polar surface area (TPSA) is 29.5 Å². The highest BCUT2D eigenvalue weighted by Crippen LogP contribution is 2.29. The Bertz CT molecular complexity index is 136. The Balaban J connectivity index is 2.48. The molecule has 0 aromatic rings. The lowest BCUT2D eigenvalue weighted by Crippen LogP contribution is -2.38. The molecule has 1 N–H and O–H groups in total. The van der Waals surface area contributed by atoms with Gasteiger partial charge in [-0.1, -0.05) is 6.08 Å². The molecule has 2 nitrogen and oxygen atoms in total. The van der Waals surface area contributed by atoms with Crippen LogP contribution in [0.2, 0.25) is 0 Å². The molecular formula is C9H16O2. The van der Waals surface area contributed by atoms with Gasteiger partial charge in [-0.3, -0.25) is 0 Å². The SMILES string of the molecule is C=CCC(O)C1(C)CCCO1. The summed E-state index contributed by atoms with van der Waals surface area (Å²) in [5.41, 5.74) is -0.311. The second-order valence-corrected chi connectivity index (χ2v) is 3.30. The van der Waals surface area contributed by atoms with Crippen LogP contribution in [-0.2, 0) is 4.74 Å². The molecule has 2 unspecified atom stereocenters. The highest BCUT2D eigenvalue weighted by Gasteiger charge is 2.36. The predicted octanol–water partition coefficient (Wildman–Crippen LogP) is 1.49. The summed E-state index contributed by atoms with van der Waals surface area (Å²) in [7, 11) is 0. The van der Waals surface area contributed by atoms with E-state index in [9.17, 15) is 5.11 Å². The number of rotatable bonds is 3. The highest BCUT2D eigenvalue weighted by molar-refractivity contribution is 4.90. The lowest BCUT2D eigenvalue weighted by atomic mass is 9.93. The second kappa shape index (κ2) is 3.37. The average molecular weight is 156 g/mol. The zero-order chi connectivity index (χ0) is 8.32. The van der Waals surface area contributed by atoms with Crippen LogP contribution in [0.5, 0.6) is 0 Å². The zero-order valence-corrected chi connectivity index (χ0v) is 7.05. The standard InChI is InChI=1S/C9H16O2/c1-3-5-8(10)9(2)6-4-7-11-9/h3,8,10H,1,4-7H2,2H3. The van der Waals surface area contributed by atoms with E-state index in [2.05, 4.69) is 6.58 Å². The van der Waals surface area contributed by atoms with Gasteiger partial charge in [-0.25, -0.2) is 0 Å². The Kier molecular flexibility index (Phi) is 2.68. The fraction of sp³-hybridized carbons (Fsp3) is 0.778. The van der Waals surface area contributed by atoms with Crippen LogP contribution in [0, 0.1) is 0 Å². The van der Waals surface area contributed by atoms with Crippen molar-refractivity contribution >= 4 is 0 Å². The van der Waals surface area contributed by atoms with Crippen molar-refractivity contribution in [1.82, 2.24) is 0 Å². The Morgan fingerprint density at radius 2 is 2.55 bits per heavy atom. The van der Waals surface area contributed by atoms with Gasteiger partial charge in [-0.05, 0) is 26.2 Å². The minimum atomic E-state index is -0.387. The number of aliphatic hydroxyl groups is 1. The van der Waals surface area contributed by atoms with Crippen LogP contribution in [0.4, 0.5) is 0 Å². The van der Waals surface area contributed by atoms with Crippen molar-refractivity contribution in [2.75, 3.05) is 6.61 Å². The summed E-state index contributed by atoms with van der Waals surface area (Å²) in [6.07, 6.45) is 3.99.